The summed E-state index contributed by atoms with van der Waals surface area (Å²) in [6.07, 6.45) is 3.36. The van der Waals surface area contributed by atoms with Gasteiger partial charge >= 0.3 is 0 Å². The Morgan fingerprint density at radius 3 is 2.38 bits per heavy atom. The average molecular weight is 488 g/mol. The van der Waals surface area contributed by atoms with Crippen molar-refractivity contribution in [2.24, 2.45) is 0 Å². The highest BCUT2D eigenvalue weighted by atomic mass is 35.5. The molecule has 3 aromatic carbocycles. The molecular formula is C28H22ClNO3S. The first kappa shape index (κ1) is 22.3. The lowest BCUT2D eigenvalue weighted by Gasteiger charge is -2.25. The molecule has 0 spiro atoms. The largest absolute Gasteiger partial charge is 0.455 e. The summed E-state index contributed by atoms with van der Waals surface area (Å²) in [5.41, 5.74) is 4.90. The van der Waals surface area contributed by atoms with E-state index in [-0.39, 0.29) is 4.90 Å². The normalized spacial score (nSPS) is 13.8. The molecule has 4 nitrogen and oxygen atoms in total. The molecule has 0 saturated carbocycles. The standard InChI is InChI=1S/C28H22ClNO3S/c1-18(2)27-26(20-7-5-4-6-8-20)28-24(23-14-11-21(29)17-25(23)33-28)15-16-30(27)34(31,32)22-12-9-19(3)10-13-22/h4-17H,1H2,2-3H3. The van der Waals surface area contributed by atoms with Gasteiger partial charge in [-0.1, -0.05) is 66.2 Å². The quantitative estimate of drug-likeness (QED) is 0.301. The van der Waals surface area contributed by atoms with E-state index in [2.05, 4.69) is 6.58 Å². The Balaban J connectivity index is 1.86. The molecular weight excluding hydrogens is 466 g/mol. The molecule has 6 heteroatoms. The Hall–Kier alpha value is -3.54. The summed E-state index contributed by atoms with van der Waals surface area (Å²) >= 11 is 6.22. The van der Waals surface area contributed by atoms with Crippen molar-refractivity contribution >= 4 is 44.2 Å². The summed E-state index contributed by atoms with van der Waals surface area (Å²) in [7, 11) is -3.93. The molecule has 0 bridgehead atoms. The number of allylic oxidation sites excluding steroid dienone is 1. The van der Waals surface area contributed by atoms with Crippen LogP contribution in [0.2, 0.25) is 5.02 Å². The van der Waals surface area contributed by atoms with Crippen molar-refractivity contribution in [1.82, 2.24) is 4.31 Å². The third-order valence-electron chi connectivity index (χ3n) is 5.80. The number of fused-ring (bicyclic) bond motifs is 3. The van der Waals surface area contributed by atoms with Crippen LogP contribution in [0.25, 0.3) is 22.6 Å². The van der Waals surface area contributed by atoms with Crippen LogP contribution in [-0.2, 0) is 10.0 Å². The molecule has 4 aromatic rings. The number of benzene rings is 3. The zero-order valence-corrected chi connectivity index (χ0v) is 20.3. The van der Waals surface area contributed by atoms with Gasteiger partial charge in [-0.2, -0.15) is 0 Å². The minimum absolute atomic E-state index is 0.198. The molecule has 1 aliphatic rings. The van der Waals surface area contributed by atoms with E-state index in [1.165, 1.54) is 4.31 Å². The van der Waals surface area contributed by atoms with Crippen LogP contribution in [0.15, 0.2) is 106 Å². The Morgan fingerprint density at radius 2 is 1.71 bits per heavy atom. The van der Waals surface area contributed by atoms with Gasteiger partial charge in [0.2, 0.25) is 0 Å². The first-order chi connectivity index (χ1) is 16.3. The van der Waals surface area contributed by atoms with Gasteiger partial charge in [-0.05, 0) is 55.3 Å². The van der Waals surface area contributed by atoms with Gasteiger partial charge in [0.15, 0.2) is 0 Å². The predicted octanol–water partition coefficient (Wildman–Crippen LogP) is 7.41. The maximum Gasteiger partial charge on any atom is 0.268 e. The van der Waals surface area contributed by atoms with E-state index in [0.29, 0.717) is 33.2 Å². The summed E-state index contributed by atoms with van der Waals surface area (Å²) in [6, 6.07) is 21.9. The molecule has 0 fully saturated rings. The van der Waals surface area contributed by atoms with Gasteiger partial charge in [0.25, 0.3) is 10.0 Å². The molecule has 0 saturated heterocycles. The number of furan rings is 1. The van der Waals surface area contributed by atoms with Crippen molar-refractivity contribution < 1.29 is 12.8 Å². The lowest BCUT2D eigenvalue weighted by molar-refractivity contribution is 0.544. The van der Waals surface area contributed by atoms with E-state index >= 15 is 0 Å². The summed E-state index contributed by atoms with van der Waals surface area (Å²) in [5.74, 6) is 0.569. The molecule has 0 aliphatic carbocycles. The number of aryl methyl sites for hydroxylation is 1. The van der Waals surface area contributed by atoms with E-state index in [0.717, 1.165) is 22.1 Å². The van der Waals surface area contributed by atoms with Crippen LogP contribution >= 0.6 is 11.6 Å². The van der Waals surface area contributed by atoms with Gasteiger partial charge in [0, 0.05) is 28.2 Å². The number of halogens is 1. The highest BCUT2D eigenvalue weighted by Gasteiger charge is 2.33. The van der Waals surface area contributed by atoms with Crippen LogP contribution in [0.1, 0.15) is 29.4 Å². The highest BCUT2D eigenvalue weighted by molar-refractivity contribution is 7.89. The van der Waals surface area contributed by atoms with Crippen molar-refractivity contribution in [1.29, 1.82) is 0 Å². The lowest BCUT2D eigenvalue weighted by atomic mass is 9.96. The fourth-order valence-electron chi connectivity index (χ4n) is 4.17. The van der Waals surface area contributed by atoms with Crippen molar-refractivity contribution in [3.8, 4) is 0 Å². The molecule has 0 unspecified atom stereocenters. The Kier molecular flexibility index (Phi) is 5.47. The van der Waals surface area contributed by atoms with Gasteiger partial charge < -0.3 is 4.42 Å². The lowest BCUT2D eigenvalue weighted by Crippen LogP contribution is -2.26. The molecule has 0 radical (unpaired) electrons. The maximum absolute atomic E-state index is 13.9. The Bertz CT molecular complexity index is 1590. The monoisotopic (exact) mass is 487 g/mol. The SMILES string of the molecule is C=C(C)C1=C(c2ccccc2)c2oc3cc(Cl)ccc3c2C=CN1S(=O)(=O)c1ccc(C)cc1. The molecule has 0 atom stereocenters. The van der Waals surface area contributed by atoms with E-state index in [9.17, 15) is 8.42 Å². The van der Waals surface area contributed by atoms with Gasteiger partial charge in [-0.25, -0.2) is 12.7 Å². The maximum atomic E-state index is 13.9. The minimum Gasteiger partial charge on any atom is -0.455 e. The topological polar surface area (TPSA) is 50.5 Å². The molecule has 5 rings (SSSR count). The fraction of sp³-hybridized carbons (Fsp3) is 0.0714. The van der Waals surface area contributed by atoms with Crippen LogP contribution in [0.4, 0.5) is 0 Å². The summed E-state index contributed by atoms with van der Waals surface area (Å²) in [6.45, 7) is 7.87. The van der Waals surface area contributed by atoms with Gasteiger partial charge in [0.1, 0.15) is 11.3 Å². The first-order valence-electron chi connectivity index (χ1n) is 10.7. The second-order valence-corrected chi connectivity index (χ2v) is 10.5. The minimum atomic E-state index is -3.93. The molecule has 1 aliphatic heterocycles. The summed E-state index contributed by atoms with van der Waals surface area (Å²) < 4.78 is 35.4. The van der Waals surface area contributed by atoms with Gasteiger partial charge in [-0.15, -0.1) is 0 Å². The highest BCUT2D eigenvalue weighted by Crippen LogP contribution is 2.43. The van der Waals surface area contributed by atoms with E-state index in [4.69, 9.17) is 16.0 Å². The van der Waals surface area contributed by atoms with Crippen LogP contribution in [0.5, 0.6) is 0 Å². The molecule has 1 aromatic heterocycles. The van der Waals surface area contributed by atoms with E-state index in [1.807, 2.05) is 43.3 Å². The van der Waals surface area contributed by atoms with Crippen LogP contribution in [0.3, 0.4) is 0 Å². The van der Waals surface area contributed by atoms with Crippen molar-refractivity contribution in [2.45, 2.75) is 18.7 Å². The van der Waals surface area contributed by atoms with E-state index < -0.39 is 10.0 Å². The third-order valence-corrected chi connectivity index (χ3v) is 7.72. The number of sulfonamides is 1. The Labute approximate surface area is 204 Å². The molecule has 0 N–H and O–H groups in total. The van der Waals surface area contributed by atoms with Crippen LogP contribution in [-0.4, -0.2) is 12.7 Å². The second kappa shape index (κ2) is 8.35. The number of hydrogen-bond donors (Lipinski definition) is 0. The molecule has 2 heterocycles. The number of nitrogens with zero attached hydrogens (tertiary/aromatic N) is 1. The van der Waals surface area contributed by atoms with Crippen molar-refractivity contribution in [2.75, 3.05) is 0 Å². The molecule has 170 valence electrons. The number of rotatable bonds is 4. The number of hydrogen-bond acceptors (Lipinski definition) is 3. The van der Waals surface area contributed by atoms with Crippen molar-refractivity contribution in [3.05, 3.63) is 124 Å². The fourth-order valence-corrected chi connectivity index (χ4v) is 5.75. The third kappa shape index (κ3) is 3.67. The zero-order chi connectivity index (χ0) is 24.0. The van der Waals surface area contributed by atoms with Crippen LogP contribution < -0.4 is 0 Å². The summed E-state index contributed by atoms with van der Waals surface area (Å²) in [4.78, 5) is 0.198. The molecule has 34 heavy (non-hydrogen) atoms. The second-order valence-electron chi connectivity index (χ2n) is 8.28. The molecule has 0 amide bonds. The smallest absolute Gasteiger partial charge is 0.268 e. The van der Waals surface area contributed by atoms with Crippen molar-refractivity contribution in [3.63, 3.8) is 0 Å². The van der Waals surface area contributed by atoms with E-state index in [1.54, 1.807) is 55.6 Å². The Morgan fingerprint density at radius 1 is 1.00 bits per heavy atom. The summed E-state index contributed by atoms with van der Waals surface area (Å²) in [5, 5.41) is 1.41. The first-order valence-corrected chi connectivity index (χ1v) is 12.6. The van der Waals surface area contributed by atoms with Crippen LogP contribution in [0, 0.1) is 6.92 Å². The predicted molar refractivity (Wildman–Crippen MR) is 138 cm³/mol. The van der Waals surface area contributed by atoms with Gasteiger partial charge in [0.05, 0.1) is 16.2 Å². The zero-order valence-electron chi connectivity index (χ0n) is 18.7. The van der Waals surface area contributed by atoms with Gasteiger partial charge in [-0.3, -0.25) is 0 Å². The average Bonchev–Trinajstić information content (AvgIpc) is 3.06.